The molecule has 2 aromatic rings. The Labute approximate surface area is 146 Å². The van der Waals surface area contributed by atoms with Crippen LogP contribution in [0.3, 0.4) is 0 Å². The number of amides is 1. The molecule has 2 aromatic carbocycles. The van der Waals surface area contributed by atoms with E-state index in [2.05, 4.69) is 11.4 Å². The van der Waals surface area contributed by atoms with Gasteiger partial charge in [-0.15, -0.1) is 11.8 Å². The molecule has 1 unspecified atom stereocenters. The van der Waals surface area contributed by atoms with Crippen LogP contribution < -0.4 is 5.32 Å². The van der Waals surface area contributed by atoms with Gasteiger partial charge in [-0.2, -0.15) is 0 Å². The first-order valence-corrected chi connectivity index (χ1v) is 8.89. The standard InChI is InChI=1S/C19H21NO3S/c1-14-6-5-7-15(10-14)12-24-13-18(21)20-17(11-19(22)23)16-8-3-2-4-9-16/h2-10,17H,11-13H2,1H3,(H,20,21)(H,22,23). The van der Waals surface area contributed by atoms with Gasteiger partial charge in [-0.05, 0) is 18.1 Å². The fourth-order valence-corrected chi connectivity index (χ4v) is 3.20. The van der Waals surface area contributed by atoms with Crippen LogP contribution in [-0.2, 0) is 15.3 Å². The number of hydrogen-bond donors (Lipinski definition) is 2. The molecule has 2 rings (SSSR count). The molecule has 1 atom stereocenters. The molecule has 24 heavy (non-hydrogen) atoms. The van der Waals surface area contributed by atoms with Crippen LogP contribution in [-0.4, -0.2) is 22.7 Å². The van der Waals surface area contributed by atoms with Gasteiger partial charge >= 0.3 is 5.97 Å². The topological polar surface area (TPSA) is 66.4 Å². The van der Waals surface area contributed by atoms with Gasteiger partial charge in [0, 0.05) is 5.75 Å². The fraction of sp³-hybridized carbons (Fsp3) is 0.263. The average Bonchev–Trinajstić information content (AvgIpc) is 2.55. The third-order valence-electron chi connectivity index (χ3n) is 3.50. The van der Waals surface area contributed by atoms with Crippen LogP contribution in [0, 0.1) is 6.92 Å². The number of nitrogens with one attached hydrogen (secondary N) is 1. The highest BCUT2D eigenvalue weighted by Crippen LogP contribution is 2.18. The molecule has 126 valence electrons. The maximum atomic E-state index is 12.1. The first-order chi connectivity index (χ1) is 11.5. The molecule has 0 aliphatic carbocycles. The Morgan fingerprint density at radius 3 is 2.54 bits per heavy atom. The van der Waals surface area contributed by atoms with E-state index in [1.807, 2.05) is 55.5 Å². The Hall–Kier alpha value is -2.27. The Morgan fingerprint density at radius 2 is 1.88 bits per heavy atom. The van der Waals surface area contributed by atoms with Gasteiger partial charge in [0.1, 0.15) is 0 Å². The van der Waals surface area contributed by atoms with Gasteiger partial charge < -0.3 is 10.4 Å². The van der Waals surface area contributed by atoms with Crippen molar-refractivity contribution in [1.29, 1.82) is 0 Å². The van der Waals surface area contributed by atoms with Crippen LogP contribution in [0.5, 0.6) is 0 Å². The summed E-state index contributed by atoms with van der Waals surface area (Å²) in [5.41, 5.74) is 3.18. The van der Waals surface area contributed by atoms with Gasteiger partial charge in [0.25, 0.3) is 0 Å². The average molecular weight is 343 g/mol. The summed E-state index contributed by atoms with van der Waals surface area (Å²) in [5, 5.41) is 11.9. The molecule has 5 heteroatoms. The molecule has 0 heterocycles. The number of carbonyl (C=O) groups excluding carboxylic acids is 1. The van der Waals surface area contributed by atoms with E-state index in [0.717, 1.165) is 11.3 Å². The van der Waals surface area contributed by atoms with Crippen molar-refractivity contribution >= 4 is 23.6 Å². The predicted octanol–water partition coefficient (Wildman–Crippen LogP) is 3.56. The zero-order valence-electron chi connectivity index (χ0n) is 13.6. The minimum Gasteiger partial charge on any atom is -0.481 e. The van der Waals surface area contributed by atoms with Crippen LogP contribution >= 0.6 is 11.8 Å². The molecule has 0 radical (unpaired) electrons. The summed E-state index contributed by atoms with van der Waals surface area (Å²) in [6, 6.07) is 16.9. The monoisotopic (exact) mass is 343 g/mol. The van der Waals surface area contributed by atoms with E-state index in [1.54, 1.807) is 0 Å². The van der Waals surface area contributed by atoms with Crippen LogP contribution in [0.25, 0.3) is 0 Å². The van der Waals surface area contributed by atoms with Gasteiger partial charge in [0.2, 0.25) is 5.91 Å². The zero-order chi connectivity index (χ0) is 17.4. The number of thioether (sulfide) groups is 1. The molecule has 0 aromatic heterocycles. The Morgan fingerprint density at radius 1 is 1.12 bits per heavy atom. The lowest BCUT2D eigenvalue weighted by molar-refractivity contribution is -0.137. The quantitative estimate of drug-likeness (QED) is 0.769. The maximum absolute atomic E-state index is 12.1. The van der Waals surface area contributed by atoms with Crippen molar-refractivity contribution in [3.63, 3.8) is 0 Å². The lowest BCUT2D eigenvalue weighted by Gasteiger charge is -2.17. The summed E-state index contributed by atoms with van der Waals surface area (Å²) in [6.45, 7) is 2.04. The molecular formula is C19H21NO3S. The van der Waals surface area contributed by atoms with E-state index in [9.17, 15) is 9.59 Å². The first kappa shape index (κ1) is 18.1. The van der Waals surface area contributed by atoms with Crippen molar-refractivity contribution in [2.24, 2.45) is 0 Å². The van der Waals surface area contributed by atoms with Crippen molar-refractivity contribution in [1.82, 2.24) is 5.32 Å². The first-order valence-electron chi connectivity index (χ1n) is 7.74. The molecule has 1 amide bonds. The molecular weight excluding hydrogens is 322 g/mol. The lowest BCUT2D eigenvalue weighted by Crippen LogP contribution is -2.31. The smallest absolute Gasteiger partial charge is 0.305 e. The molecule has 0 aliphatic rings. The number of hydrogen-bond acceptors (Lipinski definition) is 3. The minimum absolute atomic E-state index is 0.127. The summed E-state index contributed by atoms with van der Waals surface area (Å²) < 4.78 is 0. The third-order valence-corrected chi connectivity index (χ3v) is 4.50. The van der Waals surface area contributed by atoms with Crippen LogP contribution in [0.15, 0.2) is 54.6 Å². The van der Waals surface area contributed by atoms with Crippen molar-refractivity contribution in [2.75, 3.05) is 5.75 Å². The SMILES string of the molecule is Cc1cccc(CSCC(=O)NC(CC(=O)O)c2ccccc2)c1. The number of carboxylic acids is 1. The van der Waals surface area contributed by atoms with E-state index < -0.39 is 12.0 Å². The number of aryl methyl sites for hydroxylation is 1. The van der Waals surface area contributed by atoms with E-state index in [4.69, 9.17) is 5.11 Å². The van der Waals surface area contributed by atoms with Crippen molar-refractivity contribution in [2.45, 2.75) is 25.1 Å². The highest BCUT2D eigenvalue weighted by Gasteiger charge is 2.17. The molecule has 0 bridgehead atoms. The van der Waals surface area contributed by atoms with Crippen LogP contribution in [0.2, 0.25) is 0 Å². The minimum atomic E-state index is -0.934. The Balaban J connectivity index is 1.87. The van der Waals surface area contributed by atoms with Gasteiger partial charge in [-0.3, -0.25) is 9.59 Å². The molecule has 0 fully saturated rings. The summed E-state index contributed by atoms with van der Waals surface area (Å²) in [7, 11) is 0. The number of aliphatic carboxylic acids is 1. The molecule has 0 saturated carbocycles. The highest BCUT2D eigenvalue weighted by atomic mass is 32.2. The van der Waals surface area contributed by atoms with E-state index >= 15 is 0 Å². The summed E-state index contributed by atoms with van der Waals surface area (Å²) in [6.07, 6.45) is -0.127. The largest absolute Gasteiger partial charge is 0.481 e. The maximum Gasteiger partial charge on any atom is 0.305 e. The van der Waals surface area contributed by atoms with Crippen molar-refractivity contribution in [3.05, 3.63) is 71.3 Å². The number of carbonyl (C=O) groups is 2. The molecule has 2 N–H and O–H groups in total. The Bertz CT molecular complexity index is 688. The second-order valence-corrected chi connectivity index (χ2v) is 6.60. The number of rotatable bonds is 8. The number of benzene rings is 2. The number of carboxylic acid groups (broad SMARTS) is 1. The van der Waals surface area contributed by atoms with Gasteiger partial charge in [-0.25, -0.2) is 0 Å². The van der Waals surface area contributed by atoms with Crippen LogP contribution in [0.1, 0.15) is 29.2 Å². The molecule has 4 nitrogen and oxygen atoms in total. The van der Waals surface area contributed by atoms with Gasteiger partial charge in [0.05, 0.1) is 18.2 Å². The lowest BCUT2D eigenvalue weighted by atomic mass is 10.0. The summed E-state index contributed by atoms with van der Waals surface area (Å²) in [4.78, 5) is 23.2. The van der Waals surface area contributed by atoms with E-state index in [-0.39, 0.29) is 12.3 Å². The normalized spacial score (nSPS) is 11.7. The van der Waals surface area contributed by atoms with Crippen molar-refractivity contribution < 1.29 is 14.7 Å². The second-order valence-electron chi connectivity index (χ2n) is 5.61. The summed E-state index contributed by atoms with van der Waals surface area (Å²) in [5.74, 6) is -0.0275. The fourth-order valence-electron chi connectivity index (χ4n) is 2.41. The van der Waals surface area contributed by atoms with E-state index in [0.29, 0.717) is 5.75 Å². The Kier molecular flexibility index (Phi) is 6.88. The van der Waals surface area contributed by atoms with E-state index in [1.165, 1.54) is 22.9 Å². The van der Waals surface area contributed by atoms with Crippen LogP contribution in [0.4, 0.5) is 0 Å². The van der Waals surface area contributed by atoms with Gasteiger partial charge in [-0.1, -0.05) is 60.2 Å². The molecule has 0 saturated heterocycles. The predicted molar refractivity (Wildman–Crippen MR) is 96.9 cm³/mol. The zero-order valence-corrected chi connectivity index (χ0v) is 14.4. The molecule has 0 spiro atoms. The third kappa shape index (κ3) is 6.08. The molecule has 0 aliphatic heterocycles. The van der Waals surface area contributed by atoms with Gasteiger partial charge in [0.15, 0.2) is 0 Å². The van der Waals surface area contributed by atoms with Crippen molar-refractivity contribution in [3.8, 4) is 0 Å². The highest BCUT2D eigenvalue weighted by molar-refractivity contribution is 7.99. The second kappa shape index (κ2) is 9.13. The summed E-state index contributed by atoms with van der Waals surface area (Å²) >= 11 is 1.52.